The number of thioether (sulfide) groups is 1. The number of nitrogens with one attached hydrogen (secondary N) is 3. The highest BCUT2D eigenvalue weighted by Gasteiger charge is 2.35. The van der Waals surface area contributed by atoms with Crippen LogP contribution in [0.1, 0.15) is 77.3 Å². The number of carbonyl (C=O) groups excluding carboxylic acids is 4. The summed E-state index contributed by atoms with van der Waals surface area (Å²) >= 11 is 2.80. The minimum absolute atomic E-state index is 0.0145. The fourth-order valence-electron chi connectivity index (χ4n) is 6.17. The summed E-state index contributed by atoms with van der Waals surface area (Å²) in [6.45, 7) is 8.62. The van der Waals surface area contributed by atoms with E-state index >= 15 is 0 Å². The van der Waals surface area contributed by atoms with E-state index in [0.717, 1.165) is 34.6 Å². The van der Waals surface area contributed by atoms with E-state index in [1.54, 1.807) is 54.6 Å². The van der Waals surface area contributed by atoms with Gasteiger partial charge in [-0.15, -0.1) is 23.1 Å². The molecular formula is C41H45N3O7S2. The first-order chi connectivity index (χ1) is 25.3. The van der Waals surface area contributed by atoms with Crippen LogP contribution in [0.5, 0.6) is 11.5 Å². The minimum atomic E-state index is -0.595. The molecule has 0 saturated carbocycles. The van der Waals surface area contributed by atoms with Crippen LogP contribution >= 0.6 is 23.1 Å². The number of thiophene rings is 1. The Bertz CT molecular complexity index is 2020. The zero-order valence-electron chi connectivity index (χ0n) is 30.7. The Labute approximate surface area is 318 Å². The Balaban J connectivity index is 1.34. The van der Waals surface area contributed by atoms with Crippen molar-refractivity contribution in [1.29, 1.82) is 0 Å². The fourth-order valence-corrected chi connectivity index (χ4v) is 8.50. The first kappa shape index (κ1) is 39.1. The summed E-state index contributed by atoms with van der Waals surface area (Å²) in [4.78, 5) is 55.4. The fraction of sp³-hybridized carbons (Fsp3) is 0.317. The number of phenolic OH excluding ortho intramolecular Hbond substituents is 1. The van der Waals surface area contributed by atoms with Gasteiger partial charge in [-0.05, 0) is 91.1 Å². The molecular weight excluding hydrogens is 711 g/mol. The van der Waals surface area contributed by atoms with Crippen LogP contribution in [0.2, 0.25) is 0 Å². The molecule has 53 heavy (non-hydrogen) atoms. The lowest BCUT2D eigenvalue weighted by molar-refractivity contribution is -0.116. The van der Waals surface area contributed by atoms with Gasteiger partial charge in [0.15, 0.2) is 0 Å². The van der Waals surface area contributed by atoms with Gasteiger partial charge in [-0.3, -0.25) is 14.4 Å². The number of benzene rings is 3. The highest BCUT2D eigenvalue weighted by molar-refractivity contribution is 8.00. The predicted octanol–water partition coefficient (Wildman–Crippen LogP) is 8.32. The molecule has 4 N–H and O–H groups in total. The van der Waals surface area contributed by atoms with Crippen molar-refractivity contribution in [2.24, 2.45) is 11.3 Å². The van der Waals surface area contributed by atoms with Gasteiger partial charge < -0.3 is 30.5 Å². The third-order valence-corrected chi connectivity index (χ3v) is 11.7. The van der Waals surface area contributed by atoms with Gasteiger partial charge in [0.2, 0.25) is 5.91 Å². The lowest BCUT2D eigenvalue weighted by atomic mass is 9.72. The molecule has 5 rings (SSSR count). The molecule has 1 aliphatic carbocycles. The summed E-state index contributed by atoms with van der Waals surface area (Å²) < 4.78 is 10.5. The lowest BCUT2D eigenvalue weighted by Gasteiger charge is -2.33. The second-order valence-corrected chi connectivity index (χ2v) is 16.2. The van der Waals surface area contributed by atoms with Crippen molar-refractivity contribution in [3.05, 3.63) is 106 Å². The molecule has 2 unspecified atom stereocenters. The maximum atomic E-state index is 13.7. The lowest BCUT2D eigenvalue weighted by Crippen LogP contribution is -2.30. The maximum absolute atomic E-state index is 13.7. The summed E-state index contributed by atoms with van der Waals surface area (Å²) in [5, 5.41) is 18.6. The van der Waals surface area contributed by atoms with Crippen LogP contribution in [0.4, 0.5) is 10.7 Å². The molecule has 4 aromatic rings. The van der Waals surface area contributed by atoms with E-state index in [1.807, 2.05) is 13.0 Å². The number of hydrogen-bond donors (Lipinski definition) is 4. The maximum Gasteiger partial charge on any atom is 0.341 e. The predicted molar refractivity (Wildman–Crippen MR) is 211 cm³/mol. The Morgan fingerprint density at radius 3 is 2.43 bits per heavy atom. The van der Waals surface area contributed by atoms with Crippen molar-refractivity contribution in [2.45, 2.75) is 63.5 Å². The van der Waals surface area contributed by atoms with Gasteiger partial charge in [0.05, 0.1) is 25.0 Å². The standard InChI is InChI=1S/C41H45N3O7S2/c1-7-33(38(48)44-39-35(40(49)51-6)30-19-17-26(41(2,3)4)21-34(30)53-39)52-29-15-11-14-27(22-29)42-37(47)31(43-36(46)24-12-9-8-10-13-24)20-25-16-18-28(45)23-32(25)50-5/h8-16,18,20,22-23,26,33,45H,7,17,19,21H2,1-6H3,(H,42,47)(H,43,46)(H,44,48)/b31-20+. The van der Waals surface area contributed by atoms with Crippen molar-refractivity contribution in [1.82, 2.24) is 5.32 Å². The number of rotatable bonds is 12. The number of methoxy groups -OCH3 is 2. The van der Waals surface area contributed by atoms with Crippen LogP contribution in [-0.4, -0.2) is 48.3 Å². The summed E-state index contributed by atoms with van der Waals surface area (Å²) in [5.41, 5.74) is 2.76. The summed E-state index contributed by atoms with van der Waals surface area (Å²) in [6, 6.07) is 20.0. The van der Waals surface area contributed by atoms with Gasteiger partial charge in [0, 0.05) is 32.7 Å². The molecule has 1 aromatic heterocycles. The highest BCUT2D eigenvalue weighted by Crippen LogP contribution is 2.45. The molecule has 0 bridgehead atoms. The molecule has 0 saturated heterocycles. The zero-order chi connectivity index (χ0) is 38.3. The number of hydrogen-bond acceptors (Lipinski definition) is 9. The van der Waals surface area contributed by atoms with Gasteiger partial charge in [-0.2, -0.15) is 0 Å². The molecule has 0 aliphatic heterocycles. The van der Waals surface area contributed by atoms with Crippen LogP contribution < -0.4 is 20.7 Å². The van der Waals surface area contributed by atoms with Crippen LogP contribution in [-0.2, 0) is 27.2 Å². The first-order valence-corrected chi connectivity index (χ1v) is 19.1. The monoisotopic (exact) mass is 755 g/mol. The third kappa shape index (κ3) is 9.68. The topological polar surface area (TPSA) is 143 Å². The van der Waals surface area contributed by atoms with Crippen LogP contribution in [0.3, 0.4) is 0 Å². The molecule has 12 heteroatoms. The number of phenols is 1. The van der Waals surface area contributed by atoms with Gasteiger partial charge in [0.1, 0.15) is 22.2 Å². The molecule has 0 radical (unpaired) electrons. The van der Waals surface area contributed by atoms with Gasteiger partial charge in [-0.1, -0.05) is 52.0 Å². The number of carbonyl (C=O) groups is 4. The molecule has 3 aromatic carbocycles. The highest BCUT2D eigenvalue weighted by atomic mass is 32.2. The van der Waals surface area contributed by atoms with E-state index in [2.05, 4.69) is 36.7 Å². The minimum Gasteiger partial charge on any atom is -0.508 e. The average Bonchev–Trinajstić information content (AvgIpc) is 3.50. The van der Waals surface area contributed by atoms with Gasteiger partial charge in [0.25, 0.3) is 11.8 Å². The largest absolute Gasteiger partial charge is 0.508 e. The van der Waals surface area contributed by atoms with E-state index in [-0.39, 0.29) is 22.8 Å². The number of fused-ring (bicyclic) bond motifs is 1. The summed E-state index contributed by atoms with van der Waals surface area (Å²) in [7, 11) is 2.80. The van der Waals surface area contributed by atoms with Crippen LogP contribution in [0, 0.1) is 11.3 Å². The van der Waals surface area contributed by atoms with Crippen molar-refractivity contribution in [3.8, 4) is 11.5 Å². The number of esters is 1. The zero-order valence-corrected chi connectivity index (χ0v) is 32.3. The third-order valence-electron chi connectivity index (χ3n) is 9.20. The number of anilines is 2. The number of aromatic hydroxyl groups is 1. The van der Waals surface area contributed by atoms with E-state index in [9.17, 15) is 24.3 Å². The Morgan fingerprint density at radius 1 is 1.00 bits per heavy atom. The molecule has 1 aliphatic rings. The first-order valence-electron chi connectivity index (χ1n) is 17.4. The molecule has 0 spiro atoms. The second-order valence-electron chi connectivity index (χ2n) is 13.8. The summed E-state index contributed by atoms with van der Waals surface area (Å²) in [5.74, 6) is -1.00. The second kappa shape index (κ2) is 17.2. The van der Waals surface area contributed by atoms with Crippen molar-refractivity contribution in [3.63, 3.8) is 0 Å². The van der Waals surface area contributed by atoms with Crippen molar-refractivity contribution >= 4 is 63.6 Å². The molecule has 0 fully saturated rings. The van der Waals surface area contributed by atoms with Gasteiger partial charge in [-0.25, -0.2) is 4.79 Å². The Hall–Kier alpha value is -5.07. The summed E-state index contributed by atoms with van der Waals surface area (Å²) in [6.07, 6.45) is 4.55. The Kier molecular flexibility index (Phi) is 12.7. The van der Waals surface area contributed by atoms with E-state index in [0.29, 0.717) is 45.5 Å². The molecule has 3 amide bonds. The van der Waals surface area contributed by atoms with Gasteiger partial charge >= 0.3 is 5.97 Å². The number of amides is 3. The quantitative estimate of drug-likeness (QED) is 0.0643. The van der Waals surface area contributed by atoms with Crippen LogP contribution in [0.25, 0.3) is 6.08 Å². The Morgan fingerprint density at radius 2 is 1.75 bits per heavy atom. The normalized spacial score (nSPS) is 14.8. The molecule has 2 atom stereocenters. The molecule has 1 heterocycles. The van der Waals surface area contributed by atoms with E-state index in [1.165, 1.54) is 55.5 Å². The molecule has 278 valence electrons. The van der Waals surface area contributed by atoms with Crippen LogP contribution in [0.15, 0.2) is 83.4 Å². The van der Waals surface area contributed by atoms with E-state index < -0.39 is 23.0 Å². The van der Waals surface area contributed by atoms with E-state index in [4.69, 9.17) is 9.47 Å². The smallest absolute Gasteiger partial charge is 0.341 e. The van der Waals surface area contributed by atoms with Crippen molar-refractivity contribution < 1.29 is 33.8 Å². The van der Waals surface area contributed by atoms with Crippen molar-refractivity contribution in [2.75, 3.05) is 24.9 Å². The molecule has 10 nitrogen and oxygen atoms in total. The average molecular weight is 756 g/mol. The number of ether oxygens (including phenoxy) is 2. The SMILES string of the molecule is CCC(Sc1cccc(NC(=O)/C(=C\c2ccc(O)cc2OC)NC(=O)c2ccccc2)c1)C(=O)Nc1sc2c(c1C(=O)OC)CCC(C(C)(C)C)C2.